The molecule has 184 valence electrons. The summed E-state index contributed by atoms with van der Waals surface area (Å²) in [5.74, 6) is 0.572. The standard InChI is InChI=1S/C26H28FN3O5/c1-30-10-7-17(8-11-30)16-34-25-14-21-19(13-24(25)33-2)22(6-9-28-21)35-23-5-3-4-18(12-20(23)27)29-26(32)15-31/h3-4,6,9,12-15,17H,5,7-8,10-11,16H2,1-2H3,(H,29,32). The Labute approximate surface area is 203 Å². The van der Waals surface area contributed by atoms with Crippen LogP contribution in [0.5, 0.6) is 17.2 Å². The average molecular weight is 482 g/mol. The molecule has 4 rings (SSSR count). The van der Waals surface area contributed by atoms with Crippen molar-refractivity contribution in [3.63, 3.8) is 0 Å². The SMILES string of the molecule is COc1cc2c(OC3=C(F)C=C(NC(=O)C=O)C=CC3)ccnc2cc1OCC1CCN(C)CC1. The zero-order valence-electron chi connectivity index (χ0n) is 19.8. The molecule has 0 unspecified atom stereocenters. The monoisotopic (exact) mass is 481 g/mol. The van der Waals surface area contributed by atoms with Crippen molar-refractivity contribution >= 4 is 23.1 Å². The van der Waals surface area contributed by atoms with Crippen LogP contribution in [0.1, 0.15) is 19.3 Å². The summed E-state index contributed by atoms with van der Waals surface area (Å²) in [6.07, 6.45) is 8.30. The first kappa shape index (κ1) is 24.4. The highest BCUT2D eigenvalue weighted by Gasteiger charge is 2.19. The molecule has 2 heterocycles. The highest BCUT2D eigenvalue weighted by Crippen LogP contribution is 2.37. The number of amides is 1. The van der Waals surface area contributed by atoms with Crippen LogP contribution in [-0.4, -0.2) is 55.9 Å². The Bertz CT molecular complexity index is 1200. The van der Waals surface area contributed by atoms with Crippen LogP contribution in [0.4, 0.5) is 4.39 Å². The van der Waals surface area contributed by atoms with Gasteiger partial charge < -0.3 is 24.4 Å². The van der Waals surface area contributed by atoms with Crippen molar-refractivity contribution in [2.24, 2.45) is 5.92 Å². The summed E-state index contributed by atoms with van der Waals surface area (Å²) in [7, 11) is 3.70. The predicted octanol–water partition coefficient (Wildman–Crippen LogP) is 3.68. The van der Waals surface area contributed by atoms with Crippen LogP contribution in [0, 0.1) is 5.92 Å². The summed E-state index contributed by atoms with van der Waals surface area (Å²) < 4.78 is 32.5. The van der Waals surface area contributed by atoms with E-state index >= 15 is 0 Å². The van der Waals surface area contributed by atoms with E-state index in [1.165, 1.54) is 6.08 Å². The number of nitrogens with one attached hydrogen (secondary N) is 1. The number of hydrogen-bond donors (Lipinski definition) is 1. The number of allylic oxidation sites excluding steroid dienone is 4. The highest BCUT2D eigenvalue weighted by atomic mass is 19.1. The van der Waals surface area contributed by atoms with Crippen molar-refractivity contribution in [1.82, 2.24) is 15.2 Å². The van der Waals surface area contributed by atoms with Gasteiger partial charge in [-0.05, 0) is 57.1 Å². The summed E-state index contributed by atoms with van der Waals surface area (Å²) in [5.41, 5.74) is 0.784. The molecule has 0 radical (unpaired) electrons. The summed E-state index contributed by atoms with van der Waals surface area (Å²) in [4.78, 5) is 28.6. The Kier molecular flexibility index (Phi) is 7.77. The molecule has 0 bridgehead atoms. The number of carbonyl (C=O) groups excluding carboxylic acids is 2. The molecule has 9 heteroatoms. The second kappa shape index (κ2) is 11.1. The van der Waals surface area contributed by atoms with Crippen LogP contribution >= 0.6 is 0 Å². The maximum atomic E-state index is 14.8. The number of likely N-dealkylation sites (tertiary alicyclic amines) is 1. The minimum absolute atomic E-state index is 0.0608. The predicted molar refractivity (Wildman–Crippen MR) is 129 cm³/mol. The van der Waals surface area contributed by atoms with Crippen molar-refractivity contribution in [2.75, 3.05) is 33.9 Å². The number of fused-ring (bicyclic) bond motifs is 1. The number of rotatable bonds is 8. The van der Waals surface area contributed by atoms with Crippen LogP contribution in [0.3, 0.4) is 0 Å². The van der Waals surface area contributed by atoms with Crippen LogP contribution in [0.25, 0.3) is 10.9 Å². The maximum Gasteiger partial charge on any atom is 0.288 e. The van der Waals surface area contributed by atoms with E-state index in [9.17, 15) is 14.0 Å². The van der Waals surface area contributed by atoms with E-state index in [1.807, 2.05) is 0 Å². The lowest BCUT2D eigenvalue weighted by molar-refractivity contribution is -0.130. The van der Waals surface area contributed by atoms with E-state index in [2.05, 4.69) is 22.2 Å². The number of piperidine rings is 1. The van der Waals surface area contributed by atoms with Crippen LogP contribution in [0.15, 0.2) is 59.9 Å². The lowest BCUT2D eigenvalue weighted by Crippen LogP contribution is -2.32. The highest BCUT2D eigenvalue weighted by molar-refractivity contribution is 6.24. The van der Waals surface area contributed by atoms with Gasteiger partial charge in [0.25, 0.3) is 5.91 Å². The molecular formula is C26H28FN3O5. The average Bonchev–Trinajstić information content (AvgIpc) is 3.03. The van der Waals surface area contributed by atoms with Crippen molar-refractivity contribution in [2.45, 2.75) is 19.3 Å². The Hall–Kier alpha value is -3.72. The largest absolute Gasteiger partial charge is 0.493 e. The number of benzene rings is 1. The topological polar surface area (TPSA) is 90.0 Å². The minimum Gasteiger partial charge on any atom is -0.493 e. The quantitative estimate of drug-likeness (QED) is 0.454. The zero-order chi connectivity index (χ0) is 24.8. The fraction of sp³-hybridized carbons (Fsp3) is 0.346. The van der Waals surface area contributed by atoms with Crippen molar-refractivity contribution < 1.29 is 28.2 Å². The van der Waals surface area contributed by atoms with E-state index in [0.717, 1.165) is 32.0 Å². The first-order valence-electron chi connectivity index (χ1n) is 11.5. The number of pyridine rings is 1. The van der Waals surface area contributed by atoms with E-state index in [4.69, 9.17) is 14.2 Å². The third-order valence-electron chi connectivity index (χ3n) is 6.06. The van der Waals surface area contributed by atoms with Gasteiger partial charge in [0.15, 0.2) is 17.3 Å². The van der Waals surface area contributed by atoms with Gasteiger partial charge in [-0.15, -0.1) is 0 Å². The Balaban J connectivity index is 1.56. The van der Waals surface area contributed by atoms with E-state index in [0.29, 0.717) is 40.7 Å². The van der Waals surface area contributed by atoms with Gasteiger partial charge in [0.2, 0.25) is 6.29 Å². The molecule has 0 spiro atoms. The number of aldehydes is 1. The molecular weight excluding hydrogens is 453 g/mol. The van der Waals surface area contributed by atoms with Gasteiger partial charge in [-0.1, -0.05) is 6.08 Å². The maximum absolute atomic E-state index is 14.8. The summed E-state index contributed by atoms with van der Waals surface area (Å²) in [5, 5.41) is 2.95. The molecule has 0 saturated carbocycles. The van der Waals surface area contributed by atoms with Gasteiger partial charge in [0, 0.05) is 35.8 Å². The molecule has 0 atom stereocenters. The van der Waals surface area contributed by atoms with Gasteiger partial charge in [0.05, 0.1) is 19.2 Å². The number of carbonyl (C=O) groups is 2. The number of ether oxygens (including phenoxy) is 3. The van der Waals surface area contributed by atoms with Gasteiger partial charge in [-0.25, -0.2) is 4.39 Å². The third-order valence-corrected chi connectivity index (χ3v) is 6.06. The number of hydrogen-bond acceptors (Lipinski definition) is 7. The molecule has 2 aliphatic rings. The first-order valence-corrected chi connectivity index (χ1v) is 11.5. The molecule has 1 aromatic carbocycles. The second-order valence-electron chi connectivity index (χ2n) is 8.57. The summed E-state index contributed by atoms with van der Waals surface area (Å²) >= 11 is 0. The molecule has 1 aliphatic carbocycles. The number of nitrogens with zero attached hydrogens (tertiary/aromatic N) is 2. The first-order chi connectivity index (χ1) is 17.0. The van der Waals surface area contributed by atoms with Gasteiger partial charge in [-0.2, -0.15) is 0 Å². The van der Waals surface area contributed by atoms with Crippen molar-refractivity contribution in [3.8, 4) is 17.2 Å². The number of halogens is 1. The fourth-order valence-corrected chi connectivity index (χ4v) is 4.05. The summed E-state index contributed by atoms with van der Waals surface area (Å²) in [6, 6.07) is 5.23. The zero-order valence-corrected chi connectivity index (χ0v) is 19.8. The minimum atomic E-state index is -0.862. The molecule has 1 amide bonds. The van der Waals surface area contributed by atoms with Crippen LogP contribution in [-0.2, 0) is 9.59 Å². The third kappa shape index (κ3) is 6.05. The van der Waals surface area contributed by atoms with Crippen molar-refractivity contribution in [3.05, 3.63) is 59.9 Å². The van der Waals surface area contributed by atoms with Gasteiger partial charge >= 0.3 is 0 Å². The summed E-state index contributed by atoms with van der Waals surface area (Å²) in [6.45, 7) is 2.73. The molecule has 1 fully saturated rings. The molecule has 1 saturated heterocycles. The Morgan fingerprint density at radius 2 is 2.06 bits per heavy atom. The number of methoxy groups -OCH3 is 1. The van der Waals surface area contributed by atoms with Gasteiger partial charge in [-0.3, -0.25) is 14.6 Å². The Morgan fingerprint density at radius 3 is 2.80 bits per heavy atom. The lowest BCUT2D eigenvalue weighted by atomic mass is 9.98. The van der Waals surface area contributed by atoms with Crippen molar-refractivity contribution in [1.29, 1.82) is 0 Å². The lowest BCUT2D eigenvalue weighted by Gasteiger charge is -2.28. The van der Waals surface area contributed by atoms with Crippen LogP contribution < -0.4 is 19.5 Å². The molecule has 1 aromatic heterocycles. The normalized spacial score (nSPS) is 17.1. The van der Waals surface area contributed by atoms with Gasteiger partial charge in [0.1, 0.15) is 11.5 Å². The van der Waals surface area contributed by atoms with E-state index in [1.54, 1.807) is 37.6 Å². The van der Waals surface area contributed by atoms with Crippen LogP contribution in [0.2, 0.25) is 0 Å². The molecule has 1 aliphatic heterocycles. The number of aromatic nitrogens is 1. The van der Waals surface area contributed by atoms with E-state index < -0.39 is 11.7 Å². The second-order valence-corrected chi connectivity index (χ2v) is 8.57. The smallest absolute Gasteiger partial charge is 0.288 e. The fourth-order valence-electron chi connectivity index (χ4n) is 4.05. The molecule has 8 nitrogen and oxygen atoms in total. The molecule has 35 heavy (non-hydrogen) atoms. The Morgan fingerprint density at radius 1 is 1.26 bits per heavy atom. The molecule has 1 N–H and O–H groups in total. The van der Waals surface area contributed by atoms with E-state index in [-0.39, 0.29) is 24.2 Å². The molecule has 2 aromatic rings.